The second-order valence-corrected chi connectivity index (χ2v) is 3.53. The fraction of sp³-hybridized carbons (Fsp3) is 0.100. The van der Waals surface area contributed by atoms with E-state index in [-0.39, 0.29) is 0 Å². The highest BCUT2D eigenvalue weighted by Gasteiger charge is 2.06. The first-order valence-electron chi connectivity index (χ1n) is 4.21. The van der Waals surface area contributed by atoms with Crippen LogP contribution >= 0.6 is 11.6 Å². The molecule has 1 aromatic carbocycles. The average Bonchev–Trinajstić information content (AvgIpc) is 2.50. The number of hydrogen-bond acceptors (Lipinski definition) is 2. The molecule has 1 aromatic heterocycles. The van der Waals surface area contributed by atoms with E-state index in [1.54, 1.807) is 10.9 Å². The Morgan fingerprint density at radius 3 is 2.43 bits per heavy atom. The second kappa shape index (κ2) is 3.35. The smallest absolute Gasteiger partial charge is 0.131 e. The lowest BCUT2D eigenvalue weighted by molar-refractivity contribution is 0.925. The summed E-state index contributed by atoms with van der Waals surface area (Å²) in [6.45, 7) is 0. The molecular weight excluding hydrogens is 198 g/mol. The van der Waals surface area contributed by atoms with Gasteiger partial charge < -0.3 is 10.3 Å². The van der Waals surface area contributed by atoms with E-state index in [0.29, 0.717) is 10.8 Å². The number of halogens is 1. The fourth-order valence-corrected chi connectivity index (χ4v) is 1.40. The van der Waals surface area contributed by atoms with E-state index in [4.69, 9.17) is 17.3 Å². The number of rotatable bonds is 1. The van der Waals surface area contributed by atoms with Crippen molar-refractivity contribution in [3.63, 3.8) is 0 Å². The molecule has 3 nitrogen and oxygen atoms in total. The lowest BCUT2D eigenvalue weighted by atomic mass is 10.1. The van der Waals surface area contributed by atoms with Gasteiger partial charge in [0.15, 0.2) is 0 Å². The van der Waals surface area contributed by atoms with Crippen LogP contribution in [0.2, 0.25) is 5.02 Å². The van der Waals surface area contributed by atoms with Crippen LogP contribution in [0.15, 0.2) is 30.6 Å². The predicted molar refractivity (Wildman–Crippen MR) is 58.1 cm³/mol. The van der Waals surface area contributed by atoms with Crippen LogP contribution in [-0.2, 0) is 7.05 Å². The van der Waals surface area contributed by atoms with Gasteiger partial charge >= 0.3 is 0 Å². The molecule has 72 valence electrons. The van der Waals surface area contributed by atoms with Crippen molar-refractivity contribution in [1.82, 2.24) is 9.55 Å². The third-order valence-electron chi connectivity index (χ3n) is 2.10. The molecule has 2 aromatic rings. The van der Waals surface area contributed by atoms with Gasteiger partial charge in [0.2, 0.25) is 0 Å². The Morgan fingerprint density at radius 1 is 1.29 bits per heavy atom. The Labute approximate surface area is 87.1 Å². The van der Waals surface area contributed by atoms with Crippen LogP contribution < -0.4 is 5.73 Å². The van der Waals surface area contributed by atoms with Gasteiger partial charge in [-0.1, -0.05) is 23.7 Å². The summed E-state index contributed by atoms with van der Waals surface area (Å²) >= 11 is 5.79. The summed E-state index contributed by atoms with van der Waals surface area (Å²) < 4.78 is 1.78. The Balaban J connectivity index is 2.49. The van der Waals surface area contributed by atoms with Crippen molar-refractivity contribution in [2.75, 3.05) is 5.73 Å². The molecule has 0 atom stereocenters. The molecule has 0 aliphatic carbocycles. The Bertz CT molecular complexity index is 445. The van der Waals surface area contributed by atoms with E-state index in [9.17, 15) is 0 Å². The monoisotopic (exact) mass is 207 g/mol. The quantitative estimate of drug-likeness (QED) is 0.780. The van der Waals surface area contributed by atoms with E-state index in [1.165, 1.54) is 0 Å². The van der Waals surface area contributed by atoms with Gasteiger partial charge in [-0.3, -0.25) is 0 Å². The number of anilines is 1. The molecule has 2 rings (SSSR count). The first kappa shape index (κ1) is 9.09. The maximum Gasteiger partial charge on any atom is 0.131 e. The average molecular weight is 208 g/mol. The molecule has 0 aliphatic heterocycles. The number of aryl methyl sites for hydroxylation is 1. The third kappa shape index (κ3) is 1.46. The van der Waals surface area contributed by atoms with Gasteiger partial charge in [-0.05, 0) is 12.1 Å². The number of imidazole rings is 1. The molecule has 0 unspecified atom stereocenters. The molecular formula is C10H10ClN3. The van der Waals surface area contributed by atoms with Gasteiger partial charge in [-0.25, -0.2) is 4.98 Å². The molecule has 14 heavy (non-hydrogen) atoms. The van der Waals surface area contributed by atoms with Crippen molar-refractivity contribution in [1.29, 1.82) is 0 Å². The first-order valence-corrected chi connectivity index (χ1v) is 4.59. The van der Waals surface area contributed by atoms with Crippen molar-refractivity contribution in [3.8, 4) is 11.3 Å². The van der Waals surface area contributed by atoms with Crippen molar-refractivity contribution in [3.05, 3.63) is 35.6 Å². The van der Waals surface area contributed by atoms with Crippen LogP contribution in [0.4, 0.5) is 5.82 Å². The number of nitrogens with two attached hydrogens (primary N) is 1. The second-order valence-electron chi connectivity index (χ2n) is 3.10. The first-order chi connectivity index (χ1) is 6.68. The van der Waals surface area contributed by atoms with Gasteiger partial charge in [-0.2, -0.15) is 0 Å². The predicted octanol–water partition coefficient (Wildman–Crippen LogP) is 2.32. The summed E-state index contributed by atoms with van der Waals surface area (Å²) in [4.78, 5) is 4.21. The van der Waals surface area contributed by atoms with E-state index in [2.05, 4.69) is 4.98 Å². The number of nitrogens with zero attached hydrogens (tertiary/aromatic N) is 2. The summed E-state index contributed by atoms with van der Waals surface area (Å²) in [5, 5.41) is 0.711. The van der Waals surface area contributed by atoms with E-state index >= 15 is 0 Å². The van der Waals surface area contributed by atoms with Gasteiger partial charge in [0.05, 0.1) is 6.33 Å². The van der Waals surface area contributed by atoms with E-state index in [0.717, 1.165) is 11.3 Å². The Hall–Kier alpha value is -1.48. The van der Waals surface area contributed by atoms with Crippen LogP contribution in [0.5, 0.6) is 0 Å². The molecule has 2 N–H and O–H groups in total. The van der Waals surface area contributed by atoms with E-state index in [1.807, 2.05) is 31.3 Å². The molecule has 4 heteroatoms. The summed E-state index contributed by atoms with van der Waals surface area (Å²) in [6.07, 6.45) is 1.69. The van der Waals surface area contributed by atoms with Crippen LogP contribution in [0, 0.1) is 0 Å². The summed E-state index contributed by atoms with van der Waals surface area (Å²) in [6, 6.07) is 7.46. The standard InChI is InChI=1S/C10H10ClN3/c1-14-6-13-9(10(14)12)7-2-4-8(11)5-3-7/h2-6H,12H2,1H3. The van der Waals surface area contributed by atoms with Gasteiger partial charge in [0.25, 0.3) is 0 Å². The zero-order valence-electron chi connectivity index (χ0n) is 7.74. The summed E-state index contributed by atoms with van der Waals surface area (Å²) in [5.41, 5.74) is 7.61. The summed E-state index contributed by atoms with van der Waals surface area (Å²) in [5.74, 6) is 0.660. The molecule has 0 amide bonds. The highest BCUT2D eigenvalue weighted by Crippen LogP contribution is 2.24. The van der Waals surface area contributed by atoms with Crippen molar-refractivity contribution < 1.29 is 0 Å². The third-order valence-corrected chi connectivity index (χ3v) is 2.35. The topological polar surface area (TPSA) is 43.8 Å². The lowest BCUT2D eigenvalue weighted by Gasteiger charge is -2.00. The molecule has 0 spiro atoms. The van der Waals surface area contributed by atoms with Crippen LogP contribution in [0.25, 0.3) is 11.3 Å². The molecule has 0 radical (unpaired) electrons. The van der Waals surface area contributed by atoms with Crippen molar-refractivity contribution in [2.45, 2.75) is 0 Å². The largest absolute Gasteiger partial charge is 0.383 e. The van der Waals surface area contributed by atoms with Gasteiger partial charge in [0.1, 0.15) is 11.5 Å². The maximum atomic E-state index is 5.84. The number of aromatic nitrogens is 2. The zero-order valence-corrected chi connectivity index (χ0v) is 8.49. The lowest BCUT2D eigenvalue weighted by Crippen LogP contribution is -1.95. The maximum absolute atomic E-state index is 5.84. The summed E-state index contributed by atoms with van der Waals surface area (Å²) in [7, 11) is 1.86. The molecule has 0 saturated heterocycles. The van der Waals surface area contributed by atoms with Gasteiger partial charge in [0, 0.05) is 17.6 Å². The molecule has 0 saturated carbocycles. The molecule has 0 fully saturated rings. The number of nitrogen functional groups attached to an aromatic ring is 1. The number of benzene rings is 1. The van der Waals surface area contributed by atoms with Crippen LogP contribution in [0.3, 0.4) is 0 Å². The van der Waals surface area contributed by atoms with Crippen molar-refractivity contribution in [2.24, 2.45) is 7.05 Å². The van der Waals surface area contributed by atoms with Crippen LogP contribution in [-0.4, -0.2) is 9.55 Å². The van der Waals surface area contributed by atoms with Crippen molar-refractivity contribution >= 4 is 17.4 Å². The van der Waals surface area contributed by atoms with E-state index < -0.39 is 0 Å². The van der Waals surface area contributed by atoms with Gasteiger partial charge in [-0.15, -0.1) is 0 Å². The fourth-order valence-electron chi connectivity index (χ4n) is 1.27. The molecule has 0 aliphatic rings. The molecule has 1 heterocycles. The normalized spacial score (nSPS) is 10.4. The minimum atomic E-state index is 0.660. The SMILES string of the molecule is Cn1cnc(-c2ccc(Cl)cc2)c1N. The Kier molecular flexibility index (Phi) is 2.17. The highest BCUT2D eigenvalue weighted by molar-refractivity contribution is 6.30. The zero-order chi connectivity index (χ0) is 10.1. The minimum Gasteiger partial charge on any atom is -0.383 e. The highest BCUT2D eigenvalue weighted by atomic mass is 35.5. The molecule has 0 bridgehead atoms. The van der Waals surface area contributed by atoms with Crippen LogP contribution in [0.1, 0.15) is 0 Å². The Morgan fingerprint density at radius 2 is 1.93 bits per heavy atom. The number of hydrogen-bond donors (Lipinski definition) is 1. The minimum absolute atomic E-state index is 0.660.